The molecule has 8 heteroatoms. The molecule has 2 unspecified atom stereocenters. The van der Waals surface area contributed by atoms with Gasteiger partial charge in [-0.1, -0.05) is 13.0 Å². The Morgan fingerprint density at radius 1 is 1.03 bits per heavy atom. The number of carbonyl (C=O) groups is 3. The van der Waals surface area contributed by atoms with Crippen molar-refractivity contribution in [1.29, 1.82) is 0 Å². The van der Waals surface area contributed by atoms with Gasteiger partial charge in [-0.3, -0.25) is 9.59 Å². The second-order valence-electron chi connectivity index (χ2n) is 9.68. The van der Waals surface area contributed by atoms with Crippen molar-refractivity contribution in [3.8, 4) is 5.75 Å². The summed E-state index contributed by atoms with van der Waals surface area (Å²) in [5.74, 6) is -0.977. The van der Waals surface area contributed by atoms with Crippen LogP contribution < -0.4 is 15.8 Å². The fourth-order valence-corrected chi connectivity index (χ4v) is 2.85. The van der Waals surface area contributed by atoms with E-state index in [9.17, 15) is 14.4 Å². The lowest BCUT2D eigenvalue weighted by atomic mass is 9.95. The van der Waals surface area contributed by atoms with Crippen molar-refractivity contribution < 1.29 is 28.6 Å². The van der Waals surface area contributed by atoms with E-state index in [-0.39, 0.29) is 11.7 Å². The Morgan fingerprint density at radius 2 is 1.61 bits per heavy atom. The molecule has 1 amide bonds. The summed E-state index contributed by atoms with van der Waals surface area (Å²) in [5.41, 5.74) is 5.86. The van der Waals surface area contributed by atoms with E-state index in [0.29, 0.717) is 18.5 Å². The number of amides is 1. The van der Waals surface area contributed by atoms with E-state index in [4.69, 9.17) is 19.9 Å². The van der Waals surface area contributed by atoms with Crippen LogP contribution in [0, 0.1) is 5.92 Å². The Morgan fingerprint density at radius 3 is 2.10 bits per heavy atom. The van der Waals surface area contributed by atoms with Crippen LogP contribution in [0.25, 0.3) is 0 Å². The van der Waals surface area contributed by atoms with Gasteiger partial charge in [0.05, 0.1) is 11.6 Å². The predicted molar refractivity (Wildman–Crippen MR) is 119 cm³/mol. The quantitative estimate of drug-likeness (QED) is 0.377. The average Bonchev–Trinajstić information content (AvgIpc) is 2.53. The summed E-state index contributed by atoms with van der Waals surface area (Å²) in [6.07, 6.45) is 0.176. The number of nitrogens with two attached hydrogens (primary N) is 1. The molecule has 31 heavy (non-hydrogen) atoms. The Labute approximate surface area is 184 Å². The number of benzene rings is 1. The molecule has 0 aliphatic heterocycles. The van der Waals surface area contributed by atoms with Gasteiger partial charge in [-0.05, 0) is 72.1 Å². The highest BCUT2D eigenvalue weighted by Crippen LogP contribution is 2.25. The van der Waals surface area contributed by atoms with Gasteiger partial charge in [-0.2, -0.15) is 0 Å². The van der Waals surface area contributed by atoms with E-state index in [0.717, 1.165) is 5.56 Å². The molecule has 8 nitrogen and oxygen atoms in total. The lowest BCUT2D eigenvalue weighted by Crippen LogP contribution is -2.42. The molecular formula is C23H36N2O6. The molecule has 0 aliphatic carbocycles. The summed E-state index contributed by atoms with van der Waals surface area (Å²) in [6, 6.07) is 4.64. The zero-order chi connectivity index (χ0) is 24.0. The SMILES string of the molecule is CC(=O)Oc1ccc(CC(CC(C)C(=O)OC(C)(C)C)NC(=O)OC(C)(C)C)cc1N. The molecule has 3 N–H and O–H groups in total. The van der Waals surface area contributed by atoms with E-state index in [1.54, 1.807) is 45.9 Å². The minimum Gasteiger partial charge on any atom is -0.460 e. The maximum atomic E-state index is 12.4. The van der Waals surface area contributed by atoms with Crippen LogP contribution in [-0.2, 0) is 25.5 Å². The van der Waals surface area contributed by atoms with Gasteiger partial charge in [0.25, 0.3) is 0 Å². The normalized spacial score (nSPS) is 13.7. The monoisotopic (exact) mass is 436 g/mol. The highest BCUT2D eigenvalue weighted by Gasteiger charge is 2.27. The van der Waals surface area contributed by atoms with E-state index in [1.807, 2.05) is 20.8 Å². The molecule has 0 spiro atoms. The molecule has 0 aromatic heterocycles. The van der Waals surface area contributed by atoms with Crippen molar-refractivity contribution in [2.24, 2.45) is 5.92 Å². The third-order valence-corrected chi connectivity index (χ3v) is 3.98. The molecule has 0 fully saturated rings. The van der Waals surface area contributed by atoms with Gasteiger partial charge in [-0.25, -0.2) is 4.79 Å². The van der Waals surface area contributed by atoms with Gasteiger partial charge >= 0.3 is 18.0 Å². The Bertz CT molecular complexity index is 792. The smallest absolute Gasteiger partial charge is 0.407 e. The number of carbonyl (C=O) groups excluding carboxylic acids is 3. The first-order valence-electron chi connectivity index (χ1n) is 10.3. The molecule has 0 radical (unpaired) electrons. The minimum atomic E-state index is -0.651. The average molecular weight is 437 g/mol. The lowest BCUT2D eigenvalue weighted by Gasteiger charge is -2.27. The number of hydrogen-bond acceptors (Lipinski definition) is 7. The van der Waals surface area contributed by atoms with E-state index >= 15 is 0 Å². The van der Waals surface area contributed by atoms with Gasteiger partial charge < -0.3 is 25.3 Å². The number of rotatable bonds is 7. The van der Waals surface area contributed by atoms with Crippen LogP contribution in [0.15, 0.2) is 18.2 Å². The fourth-order valence-electron chi connectivity index (χ4n) is 2.85. The van der Waals surface area contributed by atoms with Crippen LogP contribution in [0.3, 0.4) is 0 Å². The first kappa shape index (κ1) is 26.3. The molecule has 0 aliphatic rings. The van der Waals surface area contributed by atoms with Crippen molar-refractivity contribution in [1.82, 2.24) is 5.32 Å². The van der Waals surface area contributed by atoms with Crippen molar-refractivity contribution in [3.63, 3.8) is 0 Å². The standard InChI is InChI=1S/C23H36N2O6/c1-14(20(27)30-22(3,4)5)11-17(25-21(28)31-23(6,7)8)12-16-9-10-19(18(24)13-16)29-15(2)26/h9-10,13-14,17H,11-12,24H2,1-8H3,(H,25,28). The van der Waals surface area contributed by atoms with Crippen LogP contribution >= 0.6 is 0 Å². The summed E-state index contributed by atoms with van der Waals surface area (Å²) in [7, 11) is 0. The number of ether oxygens (including phenoxy) is 3. The summed E-state index contributed by atoms with van der Waals surface area (Å²) < 4.78 is 15.9. The Kier molecular flexibility index (Phi) is 8.90. The third kappa shape index (κ3) is 10.7. The second kappa shape index (κ2) is 10.5. The third-order valence-electron chi connectivity index (χ3n) is 3.98. The number of hydrogen-bond donors (Lipinski definition) is 2. The van der Waals surface area contributed by atoms with Gasteiger partial charge in [0.2, 0.25) is 0 Å². The number of anilines is 1. The summed E-state index contributed by atoms with van der Waals surface area (Å²) in [6.45, 7) is 13.8. The number of esters is 2. The van der Waals surface area contributed by atoms with Crippen LogP contribution in [-0.4, -0.2) is 35.3 Å². The molecule has 0 saturated heterocycles. The number of nitrogen functional groups attached to an aromatic ring is 1. The van der Waals surface area contributed by atoms with Crippen molar-refractivity contribution >= 4 is 23.7 Å². The molecule has 1 rings (SSSR count). The van der Waals surface area contributed by atoms with E-state index < -0.39 is 35.2 Å². The summed E-state index contributed by atoms with van der Waals surface area (Å²) >= 11 is 0. The zero-order valence-electron chi connectivity index (χ0n) is 19.8. The highest BCUT2D eigenvalue weighted by molar-refractivity contribution is 5.73. The molecule has 2 atom stereocenters. The molecular weight excluding hydrogens is 400 g/mol. The van der Waals surface area contributed by atoms with Crippen LogP contribution in [0.5, 0.6) is 5.75 Å². The second-order valence-corrected chi connectivity index (χ2v) is 9.68. The molecule has 1 aromatic carbocycles. The molecule has 174 valence electrons. The van der Waals surface area contributed by atoms with Crippen molar-refractivity contribution in [3.05, 3.63) is 23.8 Å². The molecule has 0 saturated carbocycles. The first-order valence-corrected chi connectivity index (χ1v) is 10.3. The topological polar surface area (TPSA) is 117 Å². The predicted octanol–water partition coefficient (Wildman–Crippen LogP) is 4.00. The minimum absolute atomic E-state index is 0.273. The maximum Gasteiger partial charge on any atom is 0.407 e. The summed E-state index contributed by atoms with van der Waals surface area (Å²) in [4.78, 5) is 35.9. The van der Waals surface area contributed by atoms with Gasteiger partial charge in [0.1, 0.15) is 11.2 Å². The number of alkyl carbamates (subject to hydrolysis) is 1. The molecule has 0 bridgehead atoms. The van der Waals surface area contributed by atoms with E-state index in [2.05, 4.69) is 5.32 Å². The fraction of sp³-hybridized carbons (Fsp3) is 0.609. The van der Waals surface area contributed by atoms with E-state index in [1.165, 1.54) is 6.92 Å². The lowest BCUT2D eigenvalue weighted by molar-refractivity contribution is -0.159. The number of nitrogens with one attached hydrogen (secondary N) is 1. The van der Waals surface area contributed by atoms with Crippen molar-refractivity contribution in [2.75, 3.05) is 5.73 Å². The first-order chi connectivity index (χ1) is 14.1. The maximum absolute atomic E-state index is 12.4. The molecule has 1 aromatic rings. The van der Waals surface area contributed by atoms with Gasteiger partial charge in [0, 0.05) is 13.0 Å². The molecule has 0 heterocycles. The van der Waals surface area contributed by atoms with Crippen LogP contribution in [0.4, 0.5) is 10.5 Å². The summed E-state index contributed by atoms with van der Waals surface area (Å²) in [5, 5.41) is 2.84. The van der Waals surface area contributed by atoms with Crippen LogP contribution in [0.2, 0.25) is 0 Å². The Balaban J connectivity index is 2.99. The Hall–Kier alpha value is -2.77. The zero-order valence-corrected chi connectivity index (χ0v) is 19.8. The van der Waals surface area contributed by atoms with Crippen molar-refractivity contribution in [2.45, 2.75) is 85.5 Å². The van der Waals surface area contributed by atoms with Gasteiger partial charge in [-0.15, -0.1) is 0 Å². The highest BCUT2D eigenvalue weighted by atomic mass is 16.6. The van der Waals surface area contributed by atoms with Gasteiger partial charge in [0.15, 0.2) is 5.75 Å². The largest absolute Gasteiger partial charge is 0.460 e. The van der Waals surface area contributed by atoms with Crippen LogP contribution in [0.1, 0.15) is 67.4 Å².